The van der Waals surface area contributed by atoms with Crippen molar-refractivity contribution in [1.29, 1.82) is 0 Å². The van der Waals surface area contributed by atoms with Crippen LogP contribution in [0.2, 0.25) is 0 Å². The number of hydrogen-bond acceptors (Lipinski definition) is 3. The average Bonchev–Trinajstić information content (AvgIpc) is 2.60. The van der Waals surface area contributed by atoms with Gasteiger partial charge in [-0.1, -0.05) is 30.7 Å². The van der Waals surface area contributed by atoms with E-state index in [2.05, 4.69) is 18.3 Å². The summed E-state index contributed by atoms with van der Waals surface area (Å²) < 4.78 is 11.2. The average molecular weight is 317 g/mol. The molecule has 126 valence electrons. The first kappa shape index (κ1) is 17.4. The van der Waals surface area contributed by atoms with Crippen LogP contribution < -0.4 is 14.8 Å². The molecule has 0 atom stereocenters. The summed E-state index contributed by atoms with van der Waals surface area (Å²) in [7, 11) is 0. The summed E-state index contributed by atoms with van der Waals surface area (Å²) in [5.74, 6) is 1.22. The highest BCUT2D eigenvalue weighted by atomic mass is 16.5. The molecule has 0 bridgehead atoms. The maximum absolute atomic E-state index is 11.9. The van der Waals surface area contributed by atoms with Crippen LogP contribution in [0.15, 0.2) is 35.9 Å². The number of ether oxygens (including phenoxy) is 2. The van der Waals surface area contributed by atoms with Crippen molar-refractivity contribution >= 4 is 5.91 Å². The van der Waals surface area contributed by atoms with Gasteiger partial charge < -0.3 is 14.8 Å². The van der Waals surface area contributed by atoms with Crippen LogP contribution >= 0.6 is 0 Å². The van der Waals surface area contributed by atoms with E-state index in [4.69, 9.17) is 9.47 Å². The van der Waals surface area contributed by atoms with Crippen molar-refractivity contribution in [2.24, 2.45) is 0 Å². The van der Waals surface area contributed by atoms with Gasteiger partial charge in [-0.05, 0) is 50.7 Å². The van der Waals surface area contributed by atoms with Crippen LogP contribution in [0.25, 0.3) is 0 Å². The molecule has 1 aromatic rings. The zero-order chi connectivity index (χ0) is 16.3. The van der Waals surface area contributed by atoms with Crippen LogP contribution in [0.3, 0.4) is 0 Å². The predicted octanol–water partition coefficient (Wildman–Crippen LogP) is 3.86. The van der Waals surface area contributed by atoms with Crippen LogP contribution in [0.1, 0.15) is 45.4 Å². The van der Waals surface area contributed by atoms with Gasteiger partial charge in [0.15, 0.2) is 18.1 Å². The highest BCUT2D eigenvalue weighted by Crippen LogP contribution is 2.26. The third-order valence-electron chi connectivity index (χ3n) is 3.82. The minimum Gasteiger partial charge on any atom is -0.490 e. The van der Waals surface area contributed by atoms with Gasteiger partial charge in [0.2, 0.25) is 0 Å². The molecule has 0 heterocycles. The van der Waals surface area contributed by atoms with E-state index < -0.39 is 0 Å². The minimum atomic E-state index is -0.0910. The van der Waals surface area contributed by atoms with Gasteiger partial charge in [-0.25, -0.2) is 0 Å². The lowest BCUT2D eigenvalue weighted by molar-refractivity contribution is -0.123. The first-order chi connectivity index (χ1) is 11.3. The Morgan fingerprint density at radius 1 is 1.17 bits per heavy atom. The number of hydrogen-bond donors (Lipinski definition) is 1. The molecule has 23 heavy (non-hydrogen) atoms. The number of carbonyl (C=O) groups is 1. The van der Waals surface area contributed by atoms with Crippen molar-refractivity contribution in [1.82, 2.24) is 5.32 Å². The van der Waals surface area contributed by atoms with Gasteiger partial charge in [0.1, 0.15) is 0 Å². The van der Waals surface area contributed by atoms with Crippen molar-refractivity contribution in [2.45, 2.75) is 45.4 Å². The number of allylic oxidation sites excluding steroid dienone is 1. The first-order valence-corrected chi connectivity index (χ1v) is 8.59. The molecule has 0 saturated carbocycles. The quantitative estimate of drug-likeness (QED) is 0.704. The lowest BCUT2D eigenvalue weighted by Crippen LogP contribution is -2.30. The number of rotatable bonds is 9. The normalized spacial score (nSPS) is 14.0. The molecule has 0 aromatic heterocycles. The molecule has 4 heteroatoms. The van der Waals surface area contributed by atoms with Gasteiger partial charge in [0.05, 0.1) is 6.61 Å². The van der Waals surface area contributed by atoms with Gasteiger partial charge >= 0.3 is 0 Å². The second kappa shape index (κ2) is 9.93. The largest absolute Gasteiger partial charge is 0.490 e. The summed E-state index contributed by atoms with van der Waals surface area (Å²) in [6.07, 6.45) is 9.12. The van der Waals surface area contributed by atoms with Gasteiger partial charge in [-0.2, -0.15) is 0 Å². The number of benzene rings is 1. The van der Waals surface area contributed by atoms with E-state index in [1.54, 1.807) is 0 Å². The number of carbonyl (C=O) groups excluding carboxylic acids is 1. The molecule has 0 saturated heterocycles. The Kier molecular flexibility index (Phi) is 7.50. The van der Waals surface area contributed by atoms with Crippen LogP contribution in [0.5, 0.6) is 11.5 Å². The Morgan fingerprint density at radius 3 is 2.65 bits per heavy atom. The van der Waals surface area contributed by atoms with Gasteiger partial charge in [0.25, 0.3) is 5.91 Å². The third kappa shape index (κ3) is 6.35. The molecule has 0 aliphatic heterocycles. The summed E-state index contributed by atoms with van der Waals surface area (Å²) in [5.41, 5.74) is 1.47. The highest BCUT2D eigenvalue weighted by Gasteiger charge is 2.08. The van der Waals surface area contributed by atoms with E-state index in [1.807, 2.05) is 24.3 Å². The molecule has 1 amide bonds. The van der Waals surface area contributed by atoms with E-state index in [0.717, 1.165) is 12.8 Å². The Hall–Kier alpha value is -1.97. The lowest BCUT2D eigenvalue weighted by Gasteiger charge is -2.14. The summed E-state index contributed by atoms with van der Waals surface area (Å²) in [5, 5.41) is 2.92. The van der Waals surface area contributed by atoms with E-state index in [1.165, 1.54) is 31.3 Å². The molecular formula is C19H27NO3. The fourth-order valence-corrected chi connectivity index (χ4v) is 2.59. The predicted molar refractivity (Wildman–Crippen MR) is 91.9 cm³/mol. The summed E-state index contributed by atoms with van der Waals surface area (Å²) in [6, 6.07) is 7.46. The molecule has 1 N–H and O–H groups in total. The fourth-order valence-electron chi connectivity index (χ4n) is 2.59. The maximum atomic E-state index is 11.9. The monoisotopic (exact) mass is 317 g/mol. The Balaban J connectivity index is 1.70. The lowest BCUT2D eigenvalue weighted by atomic mass is 9.97. The molecule has 1 aliphatic carbocycles. The molecule has 0 radical (unpaired) electrons. The molecule has 0 unspecified atom stereocenters. The third-order valence-corrected chi connectivity index (χ3v) is 3.82. The zero-order valence-electron chi connectivity index (χ0n) is 14.0. The molecule has 4 nitrogen and oxygen atoms in total. The number of nitrogens with one attached hydrogen (secondary N) is 1. The van der Waals surface area contributed by atoms with Crippen molar-refractivity contribution in [3.8, 4) is 11.5 Å². The van der Waals surface area contributed by atoms with E-state index in [-0.39, 0.29) is 12.5 Å². The molecule has 1 aliphatic rings. The van der Waals surface area contributed by atoms with Gasteiger partial charge in [0, 0.05) is 6.54 Å². The van der Waals surface area contributed by atoms with Crippen molar-refractivity contribution in [2.75, 3.05) is 19.8 Å². The second-order valence-corrected chi connectivity index (χ2v) is 5.79. The number of amides is 1. The van der Waals surface area contributed by atoms with Crippen LogP contribution in [-0.2, 0) is 4.79 Å². The first-order valence-electron chi connectivity index (χ1n) is 8.59. The highest BCUT2D eigenvalue weighted by molar-refractivity contribution is 5.77. The summed E-state index contributed by atoms with van der Waals surface area (Å²) in [4.78, 5) is 11.9. The molecule has 0 spiro atoms. The SMILES string of the molecule is CCCOc1ccccc1OCC(=O)NCCC1=CCCCC1. The van der Waals surface area contributed by atoms with Crippen molar-refractivity contribution < 1.29 is 14.3 Å². The standard InChI is InChI=1S/C19H27NO3/c1-2-14-22-17-10-6-7-11-18(17)23-15-19(21)20-13-12-16-8-4-3-5-9-16/h6-8,10-11H,2-5,9,12-15H2,1H3,(H,20,21). The van der Waals surface area contributed by atoms with Crippen LogP contribution in [0, 0.1) is 0 Å². The minimum absolute atomic E-state index is 0.0194. The maximum Gasteiger partial charge on any atom is 0.257 e. The van der Waals surface area contributed by atoms with E-state index in [0.29, 0.717) is 24.7 Å². The molecule has 0 fully saturated rings. The van der Waals surface area contributed by atoms with Crippen molar-refractivity contribution in [3.63, 3.8) is 0 Å². The molecule has 2 rings (SSSR count). The van der Waals surface area contributed by atoms with E-state index >= 15 is 0 Å². The van der Waals surface area contributed by atoms with Crippen LogP contribution in [-0.4, -0.2) is 25.7 Å². The molecular weight excluding hydrogens is 290 g/mol. The topological polar surface area (TPSA) is 47.6 Å². The van der Waals surface area contributed by atoms with E-state index in [9.17, 15) is 4.79 Å². The van der Waals surface area contributed by atoms with Crippen molar-refractivity contribution in [3.05, 3.63) is 35.9 Å². The van der Waals surface area contributed by atoms with Crippen LogP contribution in [0.4, 0.5) is 0 Å². The summed E-state index contributed by atoms with van der Waals surface area (Å²) in [6.45, 7) is 3.40. The molecule has 1 aromatic carbocycles. The van der Waals surface area contributed by atoms with Gasteiger partial charge in [-0.15, -0.1) is 0 Å². The summed E-state index contributed by atoms with van der Waals surface area (Å²) >= 11 is 0. The zero-order valence-corrected chi connectivity index (χ0v) is 14.0. The fraction of sp³-hybridized carbons (Fsp3) is 0.526. The smallest absolute Gasteiger partial charge is 0.257 e. The Labute approximate surface area is 138 Å². The Bertz CT molecular complexity index is 525. The number of para-hydroxylation sites is 2. The Morgan fingerprint density at radius 2 is 1.96 bits per heavy atom. The second-order valence-electron chi connectivity index (χ2n) is 5.79. The van der Waals surface area contributed by atoms with Gasteiger partial charge in [-0.3, -0.25) is 4.79 Å².